The molecule has 0 spiro atoms. The maximum absolute atomic E-state index is 9.94. The van der Waals surface area contributed by atoms with Gasteiger partial charge in [0.15, 0.2) is 5.82 Å². The van der Waals surface area contributed by atoms with Crippen molar-refractivity contribution in [3.63, 3.8) is 0 Å². The van der Waals surface area contributed by atoms with Crippen molar-refractivity contribution in [2.24, 2.45) is 0 Å². The van der Waals surface area contributed by atoms with E-state index in [0.717, 1.165) is 36.3 Å². The lowest BCUT2D eigenvalue weighted by atomic mass is 9.95. The molecule has 1 N–H and O–H groups in total. The molecule has 1 unspecified atom stereocenters. The van der Waals surface area contributed by atoms with Crippen LogP contribution in [0.4, 0.5) is 0 Å². The van der Waals surface area contributed by atoms with Crippen LogP contribution in [-0.2, 0) is 6.42 Å². The molecule has 1 atom stereocenters. The fourth-order valence-electron chi connectivity index (χ4n) is 2.52. The lowest BCUT2D eigenvalue weighted by molar-refractivity contribution is 0.156. The Morgan fingerprint density at radius 3 is 3.19 bits per heavy atom. The Morgan fingerprint density at radius 1 is 1.56 bits per heavy atom. The summed E-state index contributed by atoms with van der Waals surface area (Å²) in [6.45, 7) is 2.03. The number of hydrogen-bond donors (Lipinski definition) is 1. The molecule has 1 aliphatic rings. The van der Waals surface area contributed by atoms with Gasteiger partial charge in [0.1, 0.15) is 6.26 Å². The van der Waals surface area contributed by atoms with Gasteiger partial charge in [-0.3, -0.25) is 4.57 Å². The van der Waals surface area contributed by atoms with E-state index in [0.29, 0.717) is 0 Å². The normalized spacial score (nSPS) is 19.8. The van der Waals surface area contributed by atoms with Crippen LogP contribution in [0.5, 0.6) is 0 Å². The second kappa shape index (κ2) is 3.49. The van der Waals surface area contributed by atoms with Crippen molar-refractivity contribution in [2.75, 3.05) is 0 Å². The van der Waals surface area contributed by atoms with Gasteiger partial charge in [-0.15, -0.1) is 0 Å². The minimum atomic E-state index is -0.324. The highest BCUT2D eigenvalue weighted by atomic mass is 16.5. The summed E-state index contributed by atoms with van der Waals surface area (Å²) in [6.07, 6.45) is 4.12. The highest BCUT2D eigenvalue weighted by Gasteiger charge is 2.24. The SMILES string of the molecule is Cc1cc2c(n1-c1ccon1)CCCC2O. The quantitative estimate of drug-likeness (QED) is 0.797. The third-order valence-corrected chi connectivity index (χ3v) is 3.22. The van der Waals surface area contributed by atoms with E-state index in [9.17, 15) is 5.11 Å². The number of aromatic nitrogens is 2. The zero-order valence-electron chi connectivity index (χ0n) is 9.18. The van der Waals surface area contributed by atoms with Gasteiger partial charge in [-0.05, 0) is 32.3 Å². The third kappa shape index (κ3) is 1.30. The van der Waals surface area contributed by atoms with Crippen molar-refractivity contribution < 1.29 is 9.63 Å². The van der Waals surface area contributed by atoms with E-state index in [-0.39, 0.29) is 6.10 Å². The number of aliphatic hydroxyl groups is 1. The molecule has 0 saturated heterocycles. The molecule has 0 bridgehead atoms. The molecular formula is C12H14N2O2. The molecule has 84 valence electrons. The highest BCUT2D eigenvalue weighted by molar-refractivity contribution is 5.38. The fourth-order valence-corrected chi connectivity index (χ4v) is 2.52. The summed E-state index contributed by atoms with van der Waals surface area (Å²) in [5.74, 6) is 0.799. The molecule has 4 nitrogen and oxygen atoms in total. The van der Waals surface area contributed by atoms with Crippen LogP contribution >= 0.6 is 0 Å². The van der Waals surface area contributed by atoms with Crippen molar-refractivity contribution in [3.05, 3.63) is 35.3 Å². The van der Waals surface area contributed by atoms with E-state index in [4.69, 9.17) is 4.52 Å². The molecule has 3 rings (SSSR count). The molecule has 0 fully saturated rings. The molecule has 4 heteroatoms. The van der Waals surface area contributed by atoms with Gasteiger partial charge in [0.25, 0.3) is 0 Å². The van der Waals surface area contributed by atoms with Crippen molar-refractivity contribution >= 4 is 0 Å². The van der Waals surface area contributed by atoms with Gasteiger partial charge < -0.3 is 9.63 Å². The Morgan fingerprint density at radius 2 is 2.44 bits per heavy atom. The second-order valence-electron chi connectivity index (χ2n) is 4.29. The molecule has 0 aliphatic heterocycles. The lowest BCUT2D eigenvalue weighted by Gasteiger charge is -2.19. The number of aryl methyl sites for hydroxylation is 1. The first kappa shape index (κ1) is 9.66. The molecule has 2 heterocycles. The van der Waals surface area contributed by atoms with Crippen molar-refractivity contribution in [3.8, 4) is 5.82 Å². The standard InChI is InChI=1S/C12H14N2O2/c1-8-7-9-10(3-2-4-11(9)15)14(8)12-5-6-16-13-12/h5-7,11,15H,2-4H2,1H3. The zero-order chi connectivity index (χ0) is 11.1. The van der Waals surface area contributed by atoms with Gasteiger partial charge in [-0.2, -0.15) is 0 Å². The molecule has 2 aromatic rings. The maximum Gasteiger partial charge on any atom is 0.180 e. The fraction of sp³-hybridized carbons (Fsp3) is 0.417. The van der Waals surface area contributed by atoms with Crippen LogP contribution < -0.4 is 0 Å². The van der Waals surface area contributed by atoms with E-state index in [1.807, 2.05) is 19.1 Å². The average Bonchev–Trinajstić information content (AvgIpc) is 2.85. The molecule has 1 aliphatic carbocycles. The van der Waals surface area contributed by atoms with E-state index < -0.39 is 0 Å². The predicted molar refractivity (Wildman–Crippen MR) is 58.5 cm³/mol. The lowest BCUT2D eigenvalue weighted by Crippen LogP contribution is -2.11. The van der Waals surface area contributed by atoms with Gasteiger partial charge >= 0.3 is 0 Å². The molecule has 0 aromatic carbocycles. The number of aliphatic hydroxyl groups excluding tert-OH is 1. The first-order valence-corrected chi connectivity index (χ1v) is 5.57. The van der Waals surface area contributed by atoms with Crippen LogP contribution in [0.3, 0.4) is 0 Å². The van der Waals surface area contributed by atoms with E-state index in [1.165, 1.54) is 5.69 Å². The summed E-state index contributed by atoms with van der Waals surface area (Å²) in [4.78, 5) is 0. The third-order valence-electron chi connectivity index (χ3n) is 3.22. The summed E-state index contributed by atoms with van der Waals surface area (Å²) in [5.41, 5.74) is 3.32. The van der Waals surface area contributed by atoms with Crippen molar-refractivity contribution in [1.82, 2.24) is 9.72 Å². The van der Waals surface area contributed by atoms with Crippen LogP contribution in [0.2, 0.25) is 0 Å². The van der Waals surface area contributed by atoms with E-state index in [2.05, 4.69) is 9.72 Å². The highest BCUT2D eigenvalue weighted by Crippen LogP contribution is 2.33. The van der Waals surface area contributed by atoms with Crippen molar-refractivity contribution in [1.29, 1.82) is 0 Å². The maximum atomic E-state index is 9.94. The summed E-state index contributed by atoms with van der Waals surface area (Å²) in [6, 6.07) is 3.89. The zero-order valence-corrected chi connectivity index (χ0v) is 9.18. The minimum absolute atomic E-state index is 0.324. The van der Waals surface area contributed by atoms with Crippen LogP contribution in [-0.4, -0.2) is 14.8 Å². The molecule has 16 heavy (non-hydrogen) atoms. The van der Waals surface area contributed by atoms with Crippen LogP contribution in [0, 0.1) is 6.92 Å². The smallest absolute Gasteiger partial charge is 0.180 e. The summed E-state index contributed by atoms with van der Waals surface area (Å²) >= 11 is 0. The second-order valence-corrected chi connectivity index (χ2v) is 4.29. The Bertz CT molecular complexity index is 499. The number of hydrogen-bond acceptors (Lipinski definition) is 3. The van der Waals surface area contributed by atoms with E-state index in [1.54, 1.807) is 6.26 Å². The topological polar surface area (TPSA) is 51.2 Å². The Labute approximate surface area is 93.5 Å². The Hall–Kier alpha value is -1.55. The average molecular weight is 218 g/mol. The van der Waals surface area contributed by atoms with Crippen LogP contribution in [0.15, 0.2) is 22.9 Å². The van der Waals surface area contributed by atoms with E-state index >= 15 is 0 Å². The number of rotatable bonds is 1. The molecule has 2 aromatic heterocycles. The number of nitrogens with zero attached hydrogens (tertiary/aromatic N) is 2. The van der Waals surface area contributed by atoms with Gasteiger partial charge in [0, 0.05) is 23.0 Å². The molecule has 0 amide bonds. The van der Waals surface area contributed by atoms with Gasteiger partial charge in [0.2, 0.25) is 0 Å². The van der Waals surface area contributed by atoms with Gasteiger partial charge in [-0.25, -0.2) is 0 Å². The molecule has 0 saturated carbocycles. The largest absolute Gasteiger partial charge is 0.388 e. The first-order valence-electron chi connectivity index (χ1n) is 5.57. The monoisotopic (exact) mass is 218 g/mol. The van der Waals surface area contributed by atoms with Crippen LogP contribution in [0.1, 0.15) is 35.9 Å². The Kier molecular flexibility index (Phi) is 2.11. The summed E-state index contributed by atoms with van der Waals surface area (Å²) in [5, 5.41) is 13.9. The van der Waals surface area contributed by atoms with Gasteiger partial charge in [0.05, 0.1) is 6.10 Å². The predicted octanol–water partition coefficient (Wildman–Crippen LogP) is 2.14. The molecule has 0 radical (unpaired) electrons. The Balaban J connectivity index is 2.19. The number of fused-ring (bicyclic) bond motifs is 1. The first-order chi connectivity index (χ1) is 7.77. The summed E-state index contributed by atoms with van der Waals surface area (Å²) < 4.78 is 6.95. The van der Waals surface area contributed by atoms with Crippen LogP contribution in [0.25, 0.3) is 5.82 Å². The van der Waals surface area contributed by atoms with Crippen molar-refractivity contribution in [2.45, 2.75) is 32.3 Å². The summed E-state index contributed by atoms with van der Waals surface area (Å²) in [7, 11) is 0. The van der Waals surface area contributed by atoms with Gasteiger partial charge in [-0.1, -0.05) is 5.16 Å². The minimum Gasteiger partial charge on any atom is -0.388 e. The molecular weight excluding hydrogens is 204 g/mol.